The molecule has 1 saturated heterocycles. The number of aromatic nitrogens is 1. The van der Waals surface area contributed by atoms with Crippen LogP contribution in [0, 0.1) is 5.82 Å². The Morgan fingerprint density at radius 1 is 1.18 bits per heavy atom. The van der Waals surface area contributed by atoms with Crippen molar-refractivity contribution in [2.45, 2.75) is 43.5 Å². The molecule has 1 aromatic carbocycles. The van der Waals surface area contributed by atoms with E-state index in [0.717, 1.165) is 24.8 Å². The third-order valence-electron chi connectivity index (χ3n) is 5.69. The molecular weight excluding hydrogens is 381 g/mol. The van der Waals surface area contributed by atoms with Gasteiger partial charge < -0.3 is 9.47 Å². The van der Waals surface area contributed by atoms with Crippen molar-refractivity contribution >= 4 is 21.6 Å². The molecule has 28 heavy (non-hydrogen) atoms. The van der Waals surface area contributed by atoms with Gasteiger partial charge in [-0.3, -0.25) is 4.79 Å². The number of aryl methyl sites for hydroxylation is 2. The topological polar surface area (TPSA) is 62.6 Å². The second-order valence-corrected chi connectivity index (χ2v) is 9.56. The molecule has 0 aliphatic carbocycles. The molecule has 0 radical (unpaired) electrons. The number of anilines is 1. The number of nitrogens with zero attached hydrogens (tertiary/aromatic N) is 3. The fraction of sp³-hybridized carbons (Fsp3) is 0.450. The van der Waals surface area contributed by atoms with Gasteiger partial charge in [0, 0.05) is 38.1 Å². The van der Waals surface area contributed by atoms with Crippen molar-refractivity contribution in [2.75, 3.05) is 18.0 Å². The first-order valence-electron chi connectivity index (χ1n) is 9.57. The second kappa shape index (κ2) is 7.00. The average molecular weight is 405 g/mol. The Morgan fingerprint density at radius 3 is 2.61 bits per heavy atom. The fourth-order valence-electron chi connectivity index (χ4n) is 4.12. The molecule has 2 aliphatic heterocycles. The van der Waals surface area contributed by atoms with Crippen molar-refractivity contribution in [3.63, 3.8) is 0 Å². The lowest BCUT2D eigenvalue weighted by atomic mass is 9.96. The summed E-state index contributed by atoms with van der Waals surface area (Å²) < 4.78 is 42.3. The fourth-order valence-corrected chi connectivity index (χ4v) is 5.71. The van der Waals surface area contributed by atoms with E-state index in [1.54, 1.807) is 22.6 Å². The summed E-state index contributed by atoms with van der Waals surface area (Å²) in [6.45, 7) is 2.99. The van der Waals surface area contributed by atoms with Gasteiger partial charge in [0.05, 0.1) is 0 Å². The minimum Gasteiger partial charge on any atom is -0.345 e. The van der Waals surface area contributed by atoms with Gasteiger partial charge in [0.25, 0.3) is 5.91 Å². The van der Waals surface area contributed by atoms with Crippen LogP contribution in [0.4, 0.5) is 10.1 Å². The first-order valence-corrected chi connectivity index (χ1v) is 11.0. The zero-order chi connectivity index (χ0) is 20.1. The van der Waals surface area contributed by atoms with E-state index >= 15 is 0 Å². The lowest BCUT2D eigenvalue weighted by Gasteiger charge is -2.35. The van der Waals surface area contributed by atoms with Gasteiger partial charge in [0.2, 0.25) is 10.0 Å². The number of amides is 1. The van der Waals surface area contributed by atoms with Gasteiger partial charge in [-0.05, 0) is 62.4 Å². The quantitative estimate of drug-likeness (QED) is 0.789. The monoisotopic (exact) mass is 405 g/mol. The van der Waals surface area contributed by atoms with E-state index in [4.69, 9.17) is 0 Å². The van der Waals surface area contributed by atoms with Crippen molar-refractivity contribution in [2.24, 2.45) is 7.05 Å². The maximum Gasteiger partial charge on any atom is 0.275 e. The number of hydrogen-bond acceptors (Lipinski definition) is 3. The number of halogens is 1. The predicted molar refractivity (Wildman–Crippen MR) is 104 cm³/mol. The van der Waals surface area contributed by atoms with E-state index in [9.17, 15) is 17.6 Å². The van der Waals surface area contributed by atoms with E-state index in [1.165, 1.54) is 28.7 Å². The summed E-state index contributed by atoms with van der Waals surface area (Å²) in [6.07, 6.45) is 4.65. The van der Waals surface area contributed by atoms with Crippen LogP contribution >= 0.6 is 0 Å². The molecular formula is C20H24FN3O3S. The zero-order valence-electron chi connectivity index (χ0n) is 16.1. The van der Waals surface area contributed by atoms with E-state index < -0.39 is 10.0 Å². The maximum atomic E-state index is 13.6. The molecule has 0 saturated carbocycles. The largest absolute Gasteiger partial charge is 0.345 e. The molecule has 0 bridgehead atoms. The summed E-state index contributed by atoms with van der Waals surface area (Å²) in [5.41, 5.74) is 1.79. The average Bonchev–Trinajstić information content (AvgIpc) is 3.31. The predicted octanol–water partition coefficient (Wildman–Crippen LogP) is 2.93. The molecule has 4 rings (SSSR count). The van der Waals surface area contributed by atoms with Crippen molar-refractivity contribution in [1.29, 1.82) is 0 Å². The summed E-state index contributed by atoms with van der Waals surface area (Å²) in [7, 11) is -1.92. The minimum absolute atomic E-state index is 0.0565. The van der Waals surface area contributed by atoms with Gasteiger partial charge in [0.1, 0.15) is 16.4 Å². The van der Waals surface area contributed by atoms with Crippen molar-refractivity contribution in [1.82, 2.24) is 8.87 Å². The van der Waals surface area contributed by atoms with Crippen LogP contribution in [0.1, 0.15) is 42.2 Å². The molecule has 1 fully saturated rings. The van der Waals surface area contributed by atoms with Gasteiger partial charge in [-0.1, -0.05) is 0 Å². The zero-order valence-corrected chi connectivity index (χ0v) is 16.9. The van der Waals surface area contributed by atoms with Crippen LogP contribution in [-0.2, 0) is 23.5 Å². The van der Waals surface area contributed by atoms with E-state index in [2.05, 4.69) is 0 Å². The standard InChI is InChI=1S/C20H24FN3O3S/c1-14-5-6-15-11-16(21)7-8-18(15)24(14)20(25)19-12-17(13-22(19)2)28(26,27)23-9-3-4-10-23/h7-8,11-14H,3-6,9-10H2,1-2H3/t14-/m1/s1. The normalized spacial score (nSPS) is 20.4. The second-order valence-electron chi connectivity index (χ2n) is 7.62. The first kappa shape index (κ1) is 19.1. The van der Waals surface area contributed by atoms with E-state index in [0.29, 0.717) is 30.9 Å². The smallest absolute Gasteiger partial charge is 0.275 e. The number of fused-ring (bicyclic) bond motifs is 1. The summed E-state index contributed by atoms with van der Waals surface area (Å²) in [6, 6.07) is 5.85. The van der Waals surface area contributed by atoms with Crippen molar-refractivity contribution in [3.05, 3.63) is 47.5 Å². The minimum atomic E-state index is -3.59. The molecule has 3 heterocycles. The van der Waals surface area contributed by atoms with E-state index in [1.807, 2.05) is 6.92 Å². The van der Waals surface area contributed by atoms with Crippen LogP contribution in [0.2, 0.25) is 0 Å². The Balaban J connectivity index is 1.71. The Hall–Kier alpha value is -2.19. The summed E-state index contributed by atoms with van der Waals surface area (Å²) in [5.74, 6) is -0.594. The van der Waals surface area contributed by atoms with E-state index in [-0.39, 0.29) is 22.7 Å². The third kappa shape index (κ3) is 3.14. The Bertz CT molecular complexity index is 1030. The molecule has 1 amide bonds. The van der Waals surface area contributed by atoms with Crippen LogP contribution in [0.3, 0.4) is 0 Å². The highest BCUT2D eigenvalue weighted by Crippen LogP contribution is 2.33. The number of rotatable bonds is 3. The Labute approximate surface area is 164 Å². The molecule has 150 valence electrons. The molecule has 6 nitrogen and oxygen atoms in total. The molecule has 1 atom stereocenters. The lowest BCUT2D eigenvalue weighted by Crippen LogP contribution is -2.42. The molecule has 0 N–H and O–H groups in total. The summed E-state index contributed by atoms with van der Waals surface area (Å²) in [4.78, 5) is 15.1. The van der Waals surface area contributed by atoms with Crippen molar-refractivity contribution < 1.29 is 17.6 Å². The first-order chi connectivity index (χ1) is 13.3. The molecule has 0 unspecified atom stereocenters. The summed E-state index contributed by atoms with van der Waals surface area (Å²) in [5, 5.41) is 0. The van der Waals surface area contributed by atoms with Gasteiger partial charge >= 0.3 is 0 Å². The van der Waals surface area contributed by atoms with Gasteiger partial charge in [-0.15, -0.1) is 0 Å². The number of carbonyl (C=O) groups is 1. The number of hydrogen-bond donors (Lipinski definition) is 0. The van der Waals surface area contributed by atoms with Gasteiger partial charge in [-0.25, -0.2) is 12.8 Å². The molecule has 8 heteroatoms. The number of benzene rings is 1. The van der Waals surface area contributed by atoms with Crippen LogP contribution < -0.4 is 4.90 Å². The summed E-state index contributed by atoms with van der Waals surface area (Å²) >= 11 is 0. The lowest BCUT2D eigenvalue weighted by molar-refractivity contribution is 0.0967. The molecule has 0 spiro atoms. The number of sulfonamides is 1. The Kier molecular flexibility index (Phi) is 4.79. The van der Waals surface area contributed by atoms with Crippen LogP contribution in [0.25, 0.3) is 0 Å². The molecule has 2 aliphatic rings. The van der Waals surface area contributed by atoms with Crippen LogP contribution in [0.15, 0.2) is 35.4 Å². The SMILES string of the molecule is C[C@@H]1CCc2cc(F)ccc2N1C(=O)c1cc(S(=O)(=O)N2CCCC2)cn1C. The van der Waals surface area contributed by atoms with Crippen LogP contribution in [-0.4, -0.2) is 42.3 Å². The maximum absolute atomic E-state index is 13.6. The third-order valence-corrected chi connectivity index (χ3v) is 7.56. The van der Waals surface area contributed by atoms with Gasteiger partial charge in [0.15, 0.2) is 0 Å². The highest BCUT2D eigenvalue weighted by molar-refractivity contribution is 7.89. The van der Waals surface area contributed by atoms with Crippen molar-refractivity contribution in [3.8, 4) is 0 Å². The Morgan fingerprint density at radius 2 is 1.89 bits per heavy atom. The highest BCUT2D eigenvalue weighted by Gasteiger charge is 2.33. The van der Waals surface area contributed by atoms with Gasteiger partial charge in [-0.2, -0.15) is 4.31 Å². The molecule has 1 aromatic heterocycles. The highest BCUT2D eigenvalue weighted by atomic mass is 32.2. The number of carbonyl (C=O) groups excluding carboxylic acids is 1. The van der Waals surface area contributed by atoms with Crippen LogP contribution in [0.5, 0.6) is 0 Å². The molecule has 2 aromatic rings.